The van der Waals surface area contributed by atoms with Crippen molar-refractivity contribution in [3.63, 3.8) is 0 Å². The number of hydrogen-bond donors (Lipinski definition) is 1. The largest absolute Gasteiger partial charge is 0.492 e. The molecule has 0 saturated carbocycles. The molecule has 2 amide bonds. The van der Waals surface area contributed by atoms with E-state index >= 15 is 0 Å². The van der Waals surface area contributed by atoms with Crippen LogP contribution in [0.2, 0.25) is 10.0 Å². The molecule has 0 bridgehead atoms. The molecule has 0 heterocycles. The van der Waals surface area contributed by atoms with Gasteiger partial charge in [0.15, 0.2) is 0 Å². The average Bonchev–Trinajstić information content (AvgIpc) is 2.82. The lowest BCUT2D eigenvalue weighted by atomic mass is 10.1. The smallest absolute Gasteiger partial charge is 0.244 e. The van der Waals surface area contributed by atoms with E-state index in [0.29, 0.717) is 40.9 Å². The number of ether oxygens (including phenoxy) is 1. The lowest BCUT2D eigenvalue weighted by molar-refractivity contribution is -0.140. The van der Waals surface area contributed by atoms with Gasteiger partial charge >= 0.3 is 0 Å². The first-order valence-electron chi connectivity index (χ1n) is 12.1. The van der Waals surface area contributed by atoms with Crippen LogP contribution < -0.4 is 14.4 Å². The van der Waals surface area contributed by atoms with Gasteiger partial charge in [0.25, 0.3) is 0 Å². The number of benzene rings is 2. The topological polar surface area (TPSA) is 96.0 Å². The van der Waals surface area contributed by atoms with Crippen LogP contribution in [0.5, 0.6) is 5.75 Å². The summed E-state index contributed by atoms with van der Waals surface area (Å²) < 4.78 is 32.3. The minimum absolute atomic E-state index is 0.0738. The number of halogens is 2. The van der Waals surface area contributed by atoms with Crippen molar-refractivity contribution in [1.82, 2.24) is 10.2 Å². The Hall–Kier alpha value is -2.49. The second-order valence-corrected chi connectivity index (χ2v) is 11.7. The fraction of sp³-hybridized carbons (Fsp3) is 0.462. The standard InChI is InChI=1S/C26H35Cl2N3O5S/c1-6-22(26(33)29-15-18(3)4)30(16-19-20(27)11-10-12-21(19)28)25(32)17-31(37(5,34)35)23-13-8-9-14-24(23)36-7-2/h8-14,18,22H,6-7,15-17H2,1-5H3,(H,29,33)/t22-/m1/s1. The Morgan fingerprint density at radius 3 is 2.19 bits per heavy atom. The van der Waals surface area contributed by atoms with Crippen LogP contribution in [0.1, 0.15) is 39.7 Å². The molecule has 204 valence electrons. The molecule has 0 unspecified atom stereocenters. The number of hydrogen-bond acceptors (Lipinski definition) is 5. The molecule has 0 saturated heterocycles. The monoisotopic (exact) mass is 571 g/mol. The minimum Gasteiger partial charge on any atom is -0.492 e. The third kappa shape index (κ3) is 8.51. The third-order valence-electron chi connectivity index (χ3n) is 5.57. The number of carbonyl (C=O) groups is 2. The molecule has 0 aliphatic carbocycles. The van der Waals surface area contributed by atoms with E-state index in [9.17, 15) is 18.0 Å². The van der Waals surface area contributed by atoms with E-state index in [1.54, 1.807) is 56.3 Å². The summed E-state index contributed by atoms with van der Waals surface area (Å²) in [4.78, 5) is 28.3. The maximum atomic E-state index is 13.8. The molecule has 2 aromatic carbocycles. The zero-order chi connectivity index (χ0) is 27.8. The van der Waals surface area contributed by atoms with Crippen molar-refractivity contribution in [1.29, 1.82) is 0 Å². The lowest BCUT2D eigenvalue weighted by Crippen LogP contribution is -2.52. The summed E-state index contributed by atoms with van der Waals surface area (Å²) in [5.41, 5.74) is 0.697. The summed E-state index contributed by atoms with van der Waals surface area (Å²) >= 11 is 12.8. The van der Waals surface area contributed by atoms with Crippen LogP contribution >= 0.6 is 23.2 Å². The highest BCUT2D eigenvalue weighted by atomic mass is 35.5. The first-order valence-corrected chi connectivity index (χ1v) is 14.7. The number of nitrogens with one attached hydrogen (secondary N) is 1. The van der Waals surface area contributed by atoms with E-state index in [0.717, 1.165) is 10.6 Å². The van der Waals surface area contributed by atoms with E-state index in [4.69, 9.17) is 27.9 Å². The number of rotatable bonds is 13. The molecule has 0 aromatic heterocycles. The highest BCUT2D eigenvalue weighted by Crippen LogP contribution is 2.31. The molecule has 0 spiro atoms. The molecule has 11 heteroatoms. The van der Waals surface area contributed by atoms with Gasteiger partial charge in [-0.25, -0.2) is 8.42 Å². The predicted octanol–water partition coefficient (Wildman–Crippen LogP) is 4.74. The summed E-state index contributed by atoms with van der Waals surface area (Å²) in [5, 5.41) is 3.55. The zero-order valence-corrected chi connectivity index (χ0v) is 24.2. The number of para-hydroxylation sites is 2. The maximum absolute atomic E-state index is 13.8. The molecule has 0 radical (unpaired) electrons. The van der Waals surface area contributed by atoms with Crippen LogP contribution in [0.4, 0.5) is 5.69 Å². The van der Waals surface area contributed by atoms with Gasteiger partial charge in [-0.2, -0.15) is 0 Å². The first-order chi connectivity index (χ1) is 17.4. The highest BCUT2D eigenvalue weighted by Gasteiger charge is 2.33. The summed E-state index contributed by atoms with van der Waals surface area (Å²) in [6.07, 6.45) is 1.32. The van der Waals surface area contributed by atoms with Crippen LogP contribution in [0, 0.1) is 5.92 Å². The second kappa shape index (κ2) is 13.9. The molecular weight excluding hydrogens is 537 g/mol. The van der Waals surface area contributed by atoms with Gasteiger partial charge in [0, 0.05) is 28.7 Å². The Bertz CT molecular complexity index is 1170. The molecular formula is C26H35Cl2N3O5S. The summed E-state index contributed by atoms with van der Waals surface area (Å²) in [5.74, 6) is -0.391. The molecule has 2 aromatic rings. The van der Waals surface area contributed by atoms with Crippen molar-refractivity contribution in [3.05, 3.63) is 58.1 Å². The van der Waals surface area contributed by atoms with Crippen LogP contribution in [-0.2, 0) is 26.2 Å². The minimum atomic E-state index is -3.90. The van der Waals surface area contributed by atoms with Crippen LogP contribution in [0.15, 0.2) is 42.5 Å². The highest BCUT2D eigenvalue weighted by molar-refractivity contribution is 7.92. The molecule has 0 fully saturated rings. The van der Waals surface area contributed by atoms with Gasteiger partial charge < -0.3 is 15.0 Å². The van der Waals surface area contributed by atoms with E-state index in [-0.39, 0.29) is 24.1 Å². The Balaban J connectivity index is 2.53. The van der Waals surface area contributed by atoms with E-state index in [2.05, 4.69) is 5.32 Å². The SMILES string of the molecule is CCOc1ccccc1N(CC(=O)N(Cc1c(Cl)cccc1Cl)[C@H](CC)C(=O)NCC(C)C)S(C)(=O)=O. The van der Waals surface area contributed by atoms with Gasteiger partial charge in [-0.1, -0.05) is 62.2 Å². The predicted molar refractivity (Wildman–Crippen MR) is 149 cm³/mol. The van der Waals surface area contributed by atoms with E-state index < -0.39 is 28.5 Å². The van der Waals surface area contributed by atoms with Crippen LogP contribution in [-0.4, -0.2) is 57.1 Å². The summed E-state index contributed by atoms with van der Waals surface area (Å²) in [6.45, 7) is 7.63. The third-order valence-corrected chi connectivity index (χ3v) is 7.41. The second-order valence-electron chi connectivity index (χ2n) is 8.96. The van der Waals surface area contributed by atoms with Crippen LogP contribution in [0.25, 0.3) is 0 Å². The number of amides is 2. The Labute approximate surface area is 229 Å². The Morgan fingerprint density at radius 2 is 1.65 bits per heavy atom. The molecule has 8 nitrogen and oxygen atoms in total. The Kier molecular flexibility index (Phi) is 11.5. The van der Waals surface area contributed by atoms with Crippen molar-refractivity contribution in [2.45, 2.75) is 46.7 Å². The fourth-order valence-electron chi connectivity index (χ4n) is 3.73. The molecule has 37 heavy (non-hydrogen) atoms. The number of anilines is 1. The van der Waals surface area contributed by atoms with Gasteiger partial charge in [-0.3, -0.25) is 13.9 Å². The van der Waals surface area contributed by atoms with Gasteiger partial charge in [0.05, 0.1) is 18.6 Å². The number of sulfonamides is 1. The molecule has 1 atom stereocenters. The average molecular weight is 573 g/mol. The lowest BCUT2D eigenvalue weighted by Gasteiger charge is -2.33. The van der Waals surface area contributed by atoms with Crippen molar-refractivity contribution in [3.8, 4) is 5.75 Å². The number of carbonyl (C=O) groups excluding carboxylic acids is 2. The molecule has 0 aliphatic heterocycles. The molecule has 2 rings (SSSR count). The molecule has 0 aliphatic rings. The van der Waals surface area contributed by atoms with Crippen molar-refractivity contribution in [2.75, 3.05) is 30.3 Å². The first kappa shape index (κ1) is 30.7. The quantitative estimate of drug-likeness (QED) is 0.374. The van der Waals surface area contributed by atoms with Crippen molar-refractivity contribution >= 4 is 50.7 Å². The van der Waals surface area contributed by atoms with Crippen LogP contribution in [0.3, 0.4) is 0 Å². The zero-order valence-electron chi connectivity index (χ0n) is 21.8. The summed E-state index contributed by atoms with van der Waals surface area (Å²) in [7, 11) is -3.90. The number of nitrogens with zero attached hydrogens (tertiary/aromatic N) is 2. The van der Waals surface area contributed by atoms with Crippen molar-refractivity contribution in [2.24, 2.45) is 5.92 Å². The summed E-state index contributed by atoms with van der Waals surface area (Å²) in [6, 6.07) is 10.7. The van der Waals surface area contributed by atoms with Gasteiger partial charge in [-0.05, 0) is 43.5 Å². The Morgan fingerprint density at radius 1 is 1.03 bits per heavy atom. The van der Waals surface area contributed by atoms with Crippen molar-refractivity contribution < 1.29 is 22.7 Å². The van der Waals surface area contributed by atoms with E-state index in [1.165, 1.54) is 4.90 Å². The van der Waals surface area contributed by atoms with E-state index in [1.807, 2.05) is 13.8 Å². The van der Waals surface area contributed by atoms with Gasteiger partial charge in [-0.15, -0.1) is 0 Å². The fourth-order valence-corrected chi connectivity index (χ4v) is 5.10. The normalized spacial score (nSPS) is 12.2. The van der Waals surface area contributed by atoms with Gasteiger partial charge in [0.1, 0.15) is 18.3 Å². The maximum Gasteiger partial charge on any atom is 0.244 e. The molecule has 1 N–H and O–H groups in total. The van der Waals surface area contributed by atoms with Gasteiger partial charge in [0.2, 0.25) is 21.8 Å².